The zero-order chi connectivity index (χ0) is 22.1. The van der Waals surface area contributed by atoms with Crippen LogP contribution in [0.2, 0.25) is 0 Å². The van der Waals surface area contributed by atoms with E-state index in [0.717, 1.165) is 6.08 Å². The number of halogens is 2. The van der Waals surface area contributed by atoms with E-state index in [1.165, 1.54) is 38.3 Å². The van der Waals surface area contributed by atoms with Gasteiger partial charge in [0.25, 0.3) is 5.91 Å². The van der Waals surface area contributed by atoms with Crippen molar-refractivity contribution in [3.63, 3.8) is 0 Å². The number of rotatable bonds is 8. The molecule has 2 aromatic rings. The predicted molar refractivity (Wildman–Crippen MR) is 104 cm³/mol. The molecule has 0 saturated carbocycles. The van der Waals surface area contributed by atoms with Crippen LogP contribution in [0.25, 0.3) is 6.08 Å². The van der Waals surface area contributed by atoms with Gasteiger partial charge in [-0.3, -0.25) is 4.79 Å². The van der Waals surface area contributed by atoms with Crippen LogP contribution in [0.1, 0.15) is 18.1 Å². The number of anilines is 1. The summed E-state index contributed by atoms with van der Waals surface area (Å²) in [6.45, 7) is -1.59. The van der Waals surface area contributed by atoms with Gasteiger partial charge in [-0.2, -0.15) is 14.0 Å². The Kier molecular flexibility index (Phi) is 7.88. The van der Waals surface area contributed by atoms with E-state index in [9.17, 15) is 18.4 Å². The lowest BCUT2D eigenvalue weighted by Gasteiger charge is -2.12. The van der Waals surface area contributed by atoms with Crippen LogP contribution in [0.4, 0.5) is 14.5 Å². The first kappa shape index (κ1) is 22.4. The van der Waals surface area contributed by atoms with Crippen LogP contribution in [0.15, 0.2) is 48.5 Å². The third-order valence-corrected chi connectivity index (χ3v) is 3.76. The first-order valence-electron chi connectivity index (χ1n) is 8.65. The molecule has 30 heavy (non-hydrogen) atoms. The summed E-state index contributed by atoms with van der Waals surface area (Å²) >= 11 is 0. The van der Waals surface area contributed by atoms with Gasteiger partial charge in [0.15, 0.2) is 17.6 Å². The van der Waals surface area contributed by atoms with Gasteiger partial charge in [0.2, 0.25) is 0 Å². The van der Waals surface area contributed by atoms with Gasteiger partial charge in [0, 0.05) is 11.8 Å². The summed E-state index contributed by atoms with van der Waals surface area (Å²) < 4.78 is 39.0. The highest BCUT2D eigenvalue weighted by Gasteiger charge is 2.17. The lowest BCUT2D eigenvalue weighted by atomic mass is 10.2. The molecule has 0 aromatic heterocycles. The number of alkyl halides is 2. The second kappa shape index (κ2) is 10.6. The van der Waals surface area contributed by atoms with Crippen LogP contribution in [0, 0.1) is 11.3 Å². The number of nitrogens with one attached hydrogen (secondary N) is 1. The van der Waals surface area contributed by atoms with Gasteiger partial charge in [-0.25, -0.2) is 4.79 Å². The number of benzene rings is 2. The molecule has 0 radical (unpaired) electrons. The first-order valence-corrected chi connectivity index (χ1v) is 8.65. The average Bonchev–Trinajstić information content (AvgIpc) is 2.73. The Morgan fingerprint density at radius 2 is 1.83 bits per heavy atom. The van der Waals surface area contributed by atoms with Crippen molar-refractivity contribution >= 4 is 23.6 Å². The van der Waals surface area contributed by atoms with Crippen molar-refractivity contribution in [2.24, 2.45) is 0 Å². The number of esters is 1. The number of carbonyl (C=O) groups excluding carboxylic acids is 2. The second-order valence-electron chi connectivity index (χ2n) is 5.88. The molecule has 9 heteroatoms. The van der Waals surface area contributed by atoms with E-state index in [4.69, 9.17) is 14.7 Å². The number of carbonyl (C=O) groups is 2. The number of ether oxygens (including phenoxy) is 3. The molecule has 1 N–H and O–H groups in total. The van der Waals surface area contributed by atoms with E-state index in [1.54, 1.807) is 24.3 Å². The Morgan fingerprint density at radius 3 is 2.43 bits per heavy atom. The molecule has 0 unspecified atom stereocenters. The molecule has 0 bridgehead atoms. The summed E-state index contributed by atoms with van der Waals surface area (Å²) in [5.41, 5.74) is 1.37. The Hall–Kier alpha value is -3.93. The van der Waals surface area contributed by atoms with Crippen molar-refractivity contribution in [2.75, 3.05) is 12.4 Å². The number of hydrogen-bond donors (Lipinski definition) is 1. The van der Waals surface area contributed by atoms with Crippen molar-refractivity contribution in [1.29, 1.82) is 5.26 Å². The SMILES string of the molecule is COc1cc(/C=C/C(=O)O[C@@H](C)C(=O)Nc2ccc(C#N)cc2)ccc1OC(F)F. The van der Waals surface area contributed by atoms with Crippen LogP contribution in [-0.4, -0.2) is 31.7 Å². The minimum Gasteiger partial charge on any atom is -0.493 e. The average molecular weight is 416 g/mol. The van der Waals surface area contributed by atoms with Crippen molar-refractivity contribution in [3.8, 4) is 17.6 Å². The van der Waals surface area contributed by atoms with E-state index < -0.39 is 24.6 Å². The number of methoxy groups -OCH3 is 1. The fourth-order valence-electron chi connectivity index (χ4n) is 2.28. The topological polar surface area (TPSA) is 97.6 Å². The Labute approximate surface area is 171 Å². The normalized spacial score (nSPS) is 11.6. The number of amides is 1. The number of hydrogen-bond acceptors (Lipinski definition) is 6. The predicted octanol–water partition coefficient (Wildman–Crippen LogP) is 3.75. The van der Waals surface area contributed by atoms with Crippen LogP contribution in [-0.2, 0) is 14.3 Å². The molecule has 0 aliphatic heterocycles. The summed E-state index contributed by atoms with van der Waals surface area (Å²) in [4.78, 5) is 24.1. The van der Waals surface area contributed by atoms with Gasteiger partial charge in [-0.05, 0) is 55.0 Å². The second-order valence-corrected chi connectivity index (χ2v) is 5.88. The van der Waals surface area contributed by atoms with E-state index in [-0.39, 0.29) is 11.5 Å². The van der Waals surface area contributed by atoms with Gasteiger partial charge >= 0.3 is 12.6 Å². The molecular formula is C21H18F2N2O5. The standard InChI is InChI=1S/C21H18F2N2O5/c1-13(20(27)25-16-7-3-15(12-24)4-8-16)29-19(26)10-6-14-5-9-17(30-21(22)23)18(11-14)28-2/h3-11,13,21H,1-2H3,(H,25,27)/b10-6+/t13-/m0/s1. The molecular weight excluding hydrogens is 398 g/mol. The molecule has 2 rings (SSSR count). The summed E-state index contributed by atoms with van der Waals surface area (Å²) in [6, 6.07) is 12.3. The van der Waals surface area contributed by atoms with Gasteiger partial charge < -0.3 is 19.5 Å². The minimum atomic E-state index is -2.99. The Balaban J connectivity index is 1.94. The molecule has 1 amide bonds. The van der Waals surface area contributed by atoms with Crippen molar-refractivity contribution in [2.45, 2.75) is 19.6 Å². The number of nitrogens with zero attached hydrogens (tertiary/aromatic N) is 1. The van der Waals surface area contributed by atoms with Crippen LogP contribution < -0.4 is 14.8 Å². The Bertz CT molecular complexity index is 968. The first-order chi connectivity index (χ1) is 14.3. The maximum absolute atomic E-state index is 12.4. The summed E-state index contributed by atoms with van der Waals surface area (Å²) in [7, 11) is 1.30. The largest absolute Gasteiger partial charge is 0.493 e. The van der Waals surface area contributed by atoms with Gasteiger partial charge in [0.1, 0.15) is 0 Å². The van der Waals surface area contributed by atoms with E-state index in [0.29, 0.717) is 16.8 Å². The lowest BCUT2D eigenvalue weighted by molar-refractivity contribution is -0.148. The zero-order valence-electron chi connectivity index (χ0n) is 16.1. The van der Waals surface area contributed by atoms with Crippen LogP contribution in [0.5, 0.6) is 11.5 Å². The van der Waals surface area contributed by atoms with E-state index in [2.05, 4.69) is 10.1 Å². The molecule has 0 aliphatic rings. The molecule has 0 aliphatic carbocycles. The molecule has 1 atom stereocenters. The van der Waals surface area contributed by atoms with Crippen molar-refractivity contribution in [1.82, 2.24) is 0 Å². The van der Waals surface area contributed by atoms with Gasteiger partial charge in [0.05, 0.1) is 18.7 Å². The van der Waals surface area contributed by atoms with E-state index in [1.807, 2.05) is 6.07 Å². The van der Waals surface area contributed by atoms with Crippen molar-refractivity contribution in [3.05, 3.63) is 59.7 Å². The highest BCUT2D eigenvalue weighted by Crippen LogP contribution is 2.29. The van der Waals surface area contributed by atoms with Gasteiger partial charge in [-0.1, -0.05) is 6.07 Å². The highest BCUT2D eigenvalue weighted by molar-refractivity contribution is 5.96. The molecule has 2 aromatic carbocycles. The monoisotopic (exact) mass is 416 g/mol. The molecule has 0 heterocycles. The quantitative estimate of drug-likeness (QED) is 0.520. The summed E-state index contributed by atoms with van der Waals surface area (Å²) in [5.74, 6) is -1.39. The van der Waals surface area contributed by atoms with Crippen molar-refractivity contribution < 1.29 is 32.6 Å². The van der Waals surface area contributed by atoms with Crippen LogP contribution in [0.3, 0.4) is 0 Å². The smallest absolute Gasteiger partial charge is 0.387 e. The molecule has 0 spiro atoms. The lowest BCUT2D eigenvalue weighted by Crippen LogP contribution is -2.29. The molecule has 0 saturated heterocycles. The van der Waals surface area contributed by atoms with Gasteiger partial charge in [-0.15, -0.1) is 0 Å². The zero-order valence-corrected chi connectivity index (χ0v) is 16.1. The maximum atomic E-state index is 12.4. The fraction of sp³-hybridized carbons (Fsp3) is 0.190. The van der Waals surface area contributed by atoms with E-state index >= 15 is 0 Å². The fourth-order valence-corrected chi connectivity index (χ4v) is 2.28. The van der Waals surface area contributed by atoms with Crippen LogP contribution >= 0.6 is 0 Å². The summed E-state index contributed by atoms with van der Waals surface area (Å²) in [6.07, 6.45) is 1.39. The number of nitriles is 1. The third-order valence-electron chi connectivity index (χ3n) is 3.76. The minimum absolute atomic E-state index is 0.0704. The molecule has 7 nitrogen and oxygen atoms in total. The molecule has 0 fully saturated rings. The maximum Gasteiger partial charge on any atom is 0.387 e. The highest BCUT2D eigenvalue weighted by atomic mass is 19.3. The summed E-state index contributed by atoms with van der Waals surface area (Å²) in [5, 5.41) is 11.3. The Morgan fingerprint density at radius 1 is 1.13 bits per heavy atom. The molecule has 156 valence electrons. The third kappa shape index (κ3) is 6.60.